The molecule has 1 fully saturated rings. The first-order valence-corrected chi connectivity index (χ1v) is 7.42. The molecule has 0 unspecified atom stereocenters. The Hall–Kier alpha value is -0.560. The van der Waals surface area contributed by atoms with Gasteiger partial charge in [-0.25, -0.2) is 0 Å². The SMILES string of the molecule is N#CCN(Cc1ccc(Br)cc1Cl)C1CCCC1. The van der Waals surface area contributed by atoms with Gasteiger partial charge in [0, 0.05) is 22.1 Å². The highest BCUT2D eigenvalue weighted by Gasteiger charge is 2.22. The Morgan fingerprint density at radius 2 is 2.11 bits per heavy atom. The van der Waals surface area contributed by atoms with Crippen LogP contribution >= 0.6 is 27.5 Å². The lowest BCUT2D eigenvalue weighted by molar-refractivity contribution is 0.214. The topological polar surface area (TPSA) is 27.0 Å². The molecule has 0 N–H and O–H groups in total. The fraction of sp³-hybridized carbons (Fsp3) is 0.500. The summed E-state index contributed by atoms with van der Waals surface area (Å²) in [7, 11) is 0. The maximum absolute atomic E-state index is 8.96. The van der Waals surface area contributed by atoms with E-state index in [9.17, 15) is 0 Å². The lowest BCUT2D eigenvalue weighted by atomic mass is 10.1. The monoisotopic (exact) mass is 326 g/mol. The zero-order valence-electron chi connectivity index (χ0n) is 10.2. The first-order valence-electron chi connectivity index (χ1n) is 6.25. The van der Waals surface area contributed by atoms with E-state index in [1.54, 1.807) is 0 Å². The number of hydrogen-bond donors (Lipinski definition) is 0. The molecule has 0 heterocycles. The molecule has 4 heteroatoms. The Labute approximate surface area is 122 Å². The summed E-state index contributed by atoms with van der Waals surface area (Å²) in [6.45, 7) is 1.25. The molecule has 96 valence electrons. The molecule has 0 amide bonds. The summed E-state index contributed by atoms with van der Waals surface area (Å²) < 4.78 is 0.990. The van der Waals surface area contributed by atoms with Crippen LogP contribution in [-0.2, 0) is 6.54 Å². The molecule has 0 saturated heterocycles. The summed E-state index contributed by atoms with van der Waals surface area (Å²) in [6.07, 6.45) is 4.97. The molecule has 0 bridgehead atoms. The maximum Gasteiger partial charge on any atom is 0.0871 e. The van der Waals surface area contributed by atoms with Crippen molar-refractivity contribution in [1.82, 2.24) is 4.90 Å². The Morgan fingerprint density at radius 1 is 1.39 bits per heavy atom. The summed E-state index contributed by atoms with van der Waals surface area (Å²) >= 11 is 9.65. The second-order valence-electron chi connectivity index (χ2n) is 4.74. The summed E-state index contributed by atoms with van der Waals surface area (Å²) in [4.78, 5) is 2.25. The molecule has 0 atom stereocenters. The maximum atomic E-state index is 8.96. The normalized spacial score (nSPS) is 16.1. The highest BCUT2D eigenvalue weighted by atomic mass is 79.9. The number of rotatable bonds is 4. The van der Waals surface area contributed by atoms with Crippen molar-refractivity contribution in [2.45, 2.75) is 38.3 Å². The van der Waals surface area contributed by atoms with Gasteiger partial charge in [0.2, 0.25) is 0 Å². The predicted octanol–water partition coefficient (Wildman–Crippen LogP) is 4.37. The van der Waals surface area contributed by atoms with E-state index >= 15 is 0 Å². The molecule has 1 aromatic rings. The van der Waals surface area contributed by atoms with E-state index in [0.717, 1.165) is 21.6 Å². The summed E-state index contributed by atoms with van der Waals surface area (Å²) in [5.41, 5.74) is 1.10. The van der Waals surface area contributed by atoms with E-state index in [4.69, 9.17) is 16.9 Å². The van der Waals surface area contributed by atoms with Crippen LogP contribution in [-0.4, -0.2) is 17.5 Å². The minimum absolute atomic E-state index is 0.483. The number of benzene rings is 1. The summed E-state index contributed by atoms with van der Waals surface area (Å²) in [5.74, 6) is 0. The van der Waals surface area contributed by atoms with Crippen molar-refractivity contribution in [2.24, 2.45) is 0 Å². The predicted molar refractivity (Wildman–Crippen MR) is 77.4 cm³/mol. The van der Waals surface area contributed by atoms with Crippen LogP contribution in [0.3, 0.4) is 0 Å². The van der Waals surface area contributed by atoms with Crippen LogP contribution in [0.2, 0.25) is 5.02 Å². The minimum atomic E-state index is 0.483. The van der Waals surface area contributed by atoms with E-state index in [1.807, 2.05) is 18.2 Å². The minimum Gasteiger partial charge on any atom is -0.283 e. The molecule has 18 heavy (non-hydrogen) atoms. The van der Waals surface area contributed by atoms with Crippen LogP contribution in [0.15, 0.2) is 22.7 Å². The fourth-order valence-corrected chi connectivity index (χ4v) is 3.28. The van der Waals surface area contributed by atoms with Crippen molar-refractivity contribution in [3.63, 3.8) is 0 Å². The highest BCUT2D eigenvalue weighted by molar-refractivity contribution is 9.10. The Morgan fingerprint density at radius 3 is 2.72 bits per heavy atom. The van der Waals surface area contributed by atoms with E-state index < -0.39 is 0 Å². The van der Waals surface area contributed by atoms with Gasteiger partial charge in [0.25, 0.3) is 0 Å². The van der Waals surface area contributed by atoms with Crippen molar-refractivity contribution in [2.75, 3.05) is 6.54 Å². The molecule has 2 nitrogen and oxygen atoms in total. The third-order valence-corrected chi connectivity index (χ3v) is 4.35. The van der Waals surface area contributed by atoms with Crippen LogP contribution in [0.1, 0.15) is 31.2 Å². The molecule has 0 aromatic heterocycles. The lowest BCUT2D eigenvalue weighted by Crippen LogP contribution is -2.33. The van der Waals surface area contributed by atoms with Crippen LogP contribution < -0.4 is 0 Å². The van der Waals surface area contributed by atoms with Gasteiger partial charge in [-0.1, -0.05) is 46.4 Å². The van der Waals surface area contributed by atoms with E-state index in [1.165, 1.54) is 25.7 Å². The second-order valence-corrected chi connectivity index (χ2v) is 6.06. The van der Waals surface area contributed by atoms with Crippen LogP contribution in [0.25, 0.3) is 0 Å². The van der Waals surface area contributed by atoms with Crippen molar-refractivity contribution in [1.29, 1.82) is 5.26 Å². The Balaban J connectivity index is 2.10. The van der Waals surface area contributed by atoms with Crippen molar-refractivity contribution in [3.8, 4) is 6.07 Å². The van der Waals surface area contributed by atoms with E-state index in [0.29, 0.717) is 12.6 Å². The fourth-order valence-electron chi connectivity index (χ4n) is 2.54. The number of hydrogen-bond acceptors (Lipinski definition) is 2. The van der Waals surface area contributed by atoms with Crippen LogP contribution in [0.4, 0.5) is 0 Å². The molecule has 2 rings (SSSR count). The first-order chi connectivity index (χ1) is 8.70. The molecule has 1 saturated carbocycles. The van der Waals surface area contributed by atoms with Gasteiger partial charge in [-0.2, -0.15) is 5.26 Å². The first kappa shape index (κ1) is 13.9. The van der Waals surface area contributed by atoms with Crippen molar-refractivity contribution >= 4 is 27.5 Å². The van der Waals surface area contributed by atoms with Gasteiger partial charge in [-0.15, -0.1) is 0 Å². The molecule has 0 radical (unpaired) electrons. The average molecular weight is 328 g/mol. The number of nitrogens with zero attached hydrogens (tertiary/aromatic N) is 2. The van der Waals surface area contributed by atoms with E-state index in [-0.39, 0.29) is 0 Å². The smallest absolute Gasteiger partial charge is 0.0871 e. The van der Waals surface area contributed by atoms with Crippen molar-refractivity contribution in [3.05, 3.63) is 33.3 Å². The van der Waals surface area contributed by atoms with Gasteiger partial charge in [0.15, 0.2) is 0 Å². The molecule has 1 aliphatic rings. The molecule has 1 aliphatic carbocycles. The van der Waals surface area contributed by atoms with Gasteiger partial charge >= 0.3 is 0 Å². The molecule has 0 aliphatic heterocycles. The zero-order valence-corrected chi connectivity index (χ0v) is 12.5. The summed E-state index contributed by atoms with van der Waals surface area (Å²) in [6, 6.07) is 8.76. The Kier molecular flexibility index (Phi) is 5.05. The van der Waals surface area contributed by atoms with Gasteiger partial charge in [0.05, 0.1) is 12.6 Å². The van der Waals surface area contributed by atoms with Crippen LogP contribution in [0.5, 0.6) is 0 Å². The molecule has 0 spiro atoms. The summed E-state index contributed by atoms with van der Waals surface area (Å²) in [5, 5.41) is 9.73. The van der Waals surface area contributed by atoms with Crippen LogP contribution in [0, 0.1) is 11.3 Å². The molecule has 1 aromatic carbocycles. The largest absolute Gasteiger partial charge is 0.283 e. The Bertz CT molecular complexity index is 450. The standard InChI is InChI=1S/C14H16BrClN2/c15-12-6-5-11(14(16)9-12)10-18(8-7-17)13-3-1-2-4-13/h5-6,9,13H,1-4,8,10H2. The quantitative estimate of drug-likeness (QED) is 0.768. The molecular weight excluding hydrogens is 312 g/mol. The zero-order chi connectivity index (χ0) is 13.0. The molecular formula is C14H16BrClN2. The highest BCUT2D eigenvalue weighted by Crippen LogP contribution is 2.27. The third-order valence-electron chi connectivity index (χ3n) is 3.50. The van der Waals surface area contributed by atoms with Gasteiger partial charge in [-0.3, -0.25) is 4.90 Å². The van der Waals surface area contributed by atoms with Gasteiger partial charge in [0.1, 0.15) is 0 Å². The number of halogens is 2. The van der Waals surface area contributed by atoms with E-state index in [2.05, 4.69) is 26.9 Å². The van der Waals surface area contributed by atoms with Crippen molar-refractivity contribution < 1.29 is 0 Å². The second kappa shape index (κ2) is 6.56. The average Bonchev–Trinajstić information content (AvgIpc) is 2.85. The third kappa shape index (κ3) is 3.47. The number of nitriles is 1. The lowest BCUT2D eigenvalue weighted by Gasteiger charge is -2.26. The van der Waals surface area contributed by atoms with Gasteiger partial charge < -0.3 is 0 Å². The van der Waals surface area contributed by atoms with Gasteiger partial charge in [-0.05, 0) is 30.5 Å².